The maximum atomic E-state index is 13.1. The fraction of sp³-hybridized carbons (Fsp3) is 0.350. The van der Waals surface area contributed by atoms with Crippen molar-refractivity contribution >= 4 is 11.8 Å². The van der Waals surface area contributed by atoms with Gasteiger partial charge in [0, 0.05) is 31.9 Å². The van der Waals surface area contributed by atoms with Crippen molar-refractivity contribution in [3.8, 4) is 0 Å². The van der Waals surface area contributed by atoms with E-state index in [9.17, 15) is 9.59 Å². The summed E-state index contributed by atoms with van der Waals surface area (Å²) in [5.41, 5.74) is 3.10. The first-order chi connectivity index (χ1) is 14.0. The van der Waals surface area contributed by atoms with Crippen LogP contribution < -0.4 is 5.32 Å². The second-order valence-corrected chi connectivity index (χ2v) is 7.14. The van der Waals surface area contributed by atoms with E-state index in [1.165, 1.54) is 4.68 Å². The number of nitrogens with zero attached hydrogens (tertiary/aromatic N) is 6. The van der Waals surface area contributed by atoms with Gasteiger partial charge in [-0.25, -0.2) is 4.68 Å². The van der Waals surface area contributed by atoms with E-state index >= 15 is 0 Å². The fourth-order valence-corrected chi connectivity index (χ4v) is 3.62. The fourth-order valence-electron chi connectivity index (χ4n) is 3.62. The molecule has 9 nitrogen and oxygen atoms in total. The Kier molecular flexibility index (Phi) is 4.87. The topological polar surface area (TPSA) is 97.9 Å². The van der Waals surface area contributed by atoms with Crippen molar-refractivity contribution in [3.05, 3.63) is 64.7 Å². The zero-order valence-electron chi connectivity index (χ0n) is 16.7. The molecule has 1 N–H and O–H groups in total. The summed E-state index contributed by atoms with van der Waals surface area (Å²) in [4.78, 5) is 27.6. The molecule has 0 bridgehead atoms. The van der Waals surface area contributed by atoms with Crippen LogP contribution in [-0.4, -0.2) is 48.0 Å². The quantitative estimate of drug-likeness (QED) is 0.708. The van der Waals surface area contributed by atoms with Gasteiger partial charge < -0.3 is 10.2 Å². The average Bonchev–Trinajstić information content (AvgIpc) is 3.29. The van der Waals surface area contributed by atoms with Gasteiger partial charge in [-0.1, -0.05) is 35.5 Å². The molecule has 150 valence electrons. The Morgan fingerprint density at radius 3 is 2.72 bits per heavy atom. The van der Waals surface area contributed by atoms with Crippen LogP contribution in [0.2, 0.25) is 0 Å². The standard InChI is InChI=1S/C20H23N7O2/c1-4-26(11-15-10-25(3)23-13(15)2)20(29)17-18-19(28)21-16(12-27(18)24-22-17)14-8-6-5-7-9-14/h5-10,16H,4,11-12H2,1-3H3,(H,21,28)/t16-/m1/s1. The molecule has 0 radical (unpaired) electrons. The summed E-state index contributed by atoms with van der Waals surface area (Å²) in [5, 5.41) is 15.4. The number of aromatic nitrogens is 5. The molecule has 1 aliphatic rings. The van der Waals surface area contributed by atoms with Crippen molar-refractivity contribution in [2.75, 3.05) is 6.54 Å². The largest absolute Gasteiger partial charge is 0.342 e. The molecule has 4 rings (SSSR count). The summed E-state index contributed by atoms with van der Waals surface area (Å²) in [6.45, 7) is 5.11. The third kappa shape index (κ3) is 3.51. The van der Waals surface area contributed by atoms with Crippen molar-refractivity contribution in [1.29, 1.82) is 0 Å². The summed E-state index contributed by atoms with van der Waals surface area (Å²) < 4.78 is 3.24. The Morgan fingerprint density at radius 2 is 2.07 bits per heavy atom. The minimum Gasteiger partial charge on any atom is -0.342 e. The van der Waals surface area contributed by atoms with Crippen LogP contribution in [0.15, 0.2) is 36.5 Å². The molecule has 0 fully saturated rings. The highest BCUT2D eigenvalue weighted by Gasteiger charge is 2.34. The molecule has 2 aromatic heterocycles. The van der Waals surface area contributed by atoms with Crippen molar-refractivity contribution in [2.24, 2.45) is 7.05 Å². The molecule has 0 aliphatic carbocycles. The van der Waals surface area contributed by atoms with Gasteiger partial charge in [0.2, 0.25) is 0 Å². The zero-order chi connectivity index (χ0) is 20.5. The van der Waals surface area contributed by atoms with E-state index in [0.717, 1.165) is 16.8 Å². The smallest absolute Gasteiger partial charge is 0.277 e. The number of benzene rings is 1. The molecule has 1 aliphatic heterocycles. The predicted octanol–water partition coefficient (Wildman–Crippen LogP) is 1.47. The first-order valence-corrected chi connectivity index (χ1v) is 9.55. The lowest BCUT2D eigenvalue weighted by Crippen LogP contribution is -2.40. The second-order valence-electron chi connectivity index (χ2n) is 7.14. The summed E-state index contributed by atoms with van der Waals surface area (Å²) in [7, 11) is 1.85. The number of hydrogen-bond donors (Lipinski definition) is 1. The number of hydrogen-bond acceptors (Lipinski definition) is 5. The third-order valence-electron chi connectivity index (χ3n) is 5.16. The van der Waals surface area contributed by atoms with Crippen LogP contribution >= 0.6 is 0 Å². The Hall–Kier alpha value is -3.49. The van der Waals surface area contributed by atoms with Crippen LogP contribution in [0.5, 0.6) is 0 Å². The van der Waals surface area contributed by atoms with Gasteiger partial charge in [0.1, 0.15) is 0 Å². The van der Waals surface area contributed by atoms with E-state index in [1.54, 1.807) is 9.58 Å². The molecule has 3 aromatic rings. The SMILES string of the molecule is CCN(Cc1cn(C)nc1C)C(=O)c1nnn2c1C(=O)N[C@@H](c1ccccc1)C2. The predicted molar refractivity (Wildman–Crippen MR) is 105 cm³/mol. The first-order valence-electron chi connectivity index (χ1n) is 9.55. The zero-order valence-corrected chi connectivity index (χ0v) is 16.7. The maximum absolute atomic E-state index is 13.1. The van der Waals surface area contributed by atoms with Crippen LogP contribution in [0.4, 0.5) is 0 Å². The van der Waals surface area contributed by atoms with E-state index in [0.29, 0.717) is 19.6 Å². The molecule has 0 saturated carbocycles. The molecular formula is C20H23N7O2. The second kappa shape index (κ2) is 7.50. The molecule has 2 amide bonds. The van der Waals surface area contributed by atoms with E-state index in [2.05, 4.69) is 20.7 Å². The van der Waals surface area contributed by atoms with Gasteiger partial charge in [0.25, 0.3) is 11.8 Å². The first kappa shape index (κ1) is 18.9. The minimum atomic E-state index is -0.341. The lowest BCUT2D eigenvalue weighted by atomic mass is 10.0. The van der Waals surface area contributed by atoms with Crippen LogP contribution in [0.1, 0.15) is 50.8 Å². The molecule has 3 heterocycles. The van der Waals surface area contributed by atoms with Gasteiger partial charge in [0.15, 0.2) is 11.4 Å². The third-order valence-corrected chi connectivity index (χ3v) is 5.16. The van der Waals surface area contributed by atoms with E-state index in [-0.39, 0.29) is 29.2 Å². The van der Waals surface area contributed by atoms with Gasteiger partial charge in [-0.05, 0) is 19.4 Å². The van der Waals surface area contributed by atoms with E-state index < -0.39 is 0 Å². The van der Waals surface area contributed by atoms with Crippen LogP contribution in [-0.2, 0) is 20.1 Å². The molecular weight excluding hydrogens is 370 g/mol. The molecule has 1 atom stereocenters. The lowest BCUT2D eigenvalue weighted by molar-refractivity contribution is 0.0736. The van der Waals surface area contributed by atoms with E-state index in [1.807, 2.05) is 57.4 Å². The van der Waals surface area contributed by atoms with Gasteiger partial charge in [-0.15, -0.1) is 5.10 Å². The Bertz CT molecular complexity index is 1050. The molecule has 0 saturated heterocycles. The number of rotatable bonds is 5. The molecule has 0 unspecified atom stereocenters. The Morgan fingerprint density at radius 1 is 1.31 bits per heavy atom. The number of amides is 2. The lowest BCUT2D eigenvalue weighted by Gasteiger charge is -2.25. The van der Waals surface area contributed by atoms with Crippen molar-refractivity contribution in [1.82, 2.24) is 35.0 Å². The van der Waals surface area contributed by atoms with Crippen LogP contribution in [0, 0.1) is 6.92 Å². The Labute approximate surface area is 168 Å². The molecule has 1 aromatic carbocycles. The summed E-state index contributed by atoms with van der Waals surface area (Å²) in [6.07, 6.45) is 1.89. The van der Waals surface area contributed by atoms with Crippen molar-refractivity contribution in [3.63, 3.8) is 0 Å². The minimum absolute atomic E-state index is 0.0809. The summed E-state index contributed by atoms with van der Waals surface area (Å²) in [6, 6.07) is 9.47. The number of nitrogens with one attached hydrogen (secondary N) is 1. The van der Waals surface area contributed by atoms with Gasteiger partial charge >= 0.3 is 0 Å². The normalized spacial score (nSPS) is 15.7. The van der Waals surface area contributed by atoms with E-state index in [4.69, 9.17) is 0 Å². The van der Waals surface area contributed by atoms with Crippen molar-refractivity contribution in [2.45, 2.75) is 33.0 Å². The number of aryl methyl sites for hydroxylation is 2. The highest BCUT2D eigenvalue weighted by Crippen LogP contribution is 2.23. The summed E-state index contributed by atoms with van der Waals surface area (Å²) >= 11 is 0. The van der Waals surface area contributed by atoms with Crippen LogP contribution in [0.25, 0.3) is 0 Å². The maximum Gasteiger partial charge on any atom is 0.277 e. The average molecular weight is 393 g/mol. The molecule has 29 heavy (non-hydrogen) atoms. The number of carbonyl (C=O) groups excluding carboxylic acids is 2. The molecule has 0 spiro atoms. The van der Waals surface area contributed by atoms with Gasteiger partial charge in [0.05, 0.1) is 18.3 Å². The van der Waals surface area contributed by atoms with Crippen molar-refractivity contribution < 1.29 is 9.59 Å². The highest BCUT2D eigenvalue weighted by atomic mass is 16.2. The highest BCUT2D eigenvalue weighted by molar-refractivity contribution is 6.05. The van der Waals surface area contributed by atoms with Gasteiger partial charge in [-0.3, -0.25) is 14.3 Å². The number of carbonyl (C=O) groups is 2. The number of fused-ring (bicyclic) bond motifs is 1. The summed E-state index contributed by atoms with van der Waals surface area (Å²) in [5.74, 6) is -0.655. The Balaban J connectivity index is 1.59. The monoisotopic (exact) mass is 393 g/mol. The molecule has 9 heteroatoms. The van der Waals surface area contributed by atoms with Gasteiger partial charge in [-0.2, -0.15) is 5.10 Å². The van der Waals surface area contributed by atoms with Crippen LogP contribution in [0.3, 0.4) is 0 Å².